The first kappa shape index (κ1) is 43.7. The van der Waals surface area contributed by atoms with E-state index in [1.54, 1.807) is 6.08 Å². The Morgan fingerprint density at radius 1 is 0.887 bits per heavy atom. The van der Waals surface area contributed by atoms with E-state index < -0.39 is 11.8 Å². The van der Waals surface area contributed by atoms with Crippen molar-refractivity contribution in [3.63, 3.8) is 0 Å². The Labute approximate surface area is 367 Å². The van der Waals surface area contributed by atoms with Crippen LogP contribution < -0.4 is 9.47 Å². The Morgan fingerprint density at radius 2 is 1.61 bits per heavy atom. The SMILES string of the molecule is C=CCOC12Oc3ccc(Oc4ccc5ccccc5c4)cc3C3C(CCCCO)C(CCCCO)C=C(C(=NOCc4ccccc4)CC1N(C)C(=O)CCC1CCCC1)C32. The molecule has 0 aromatic heterocycles. The van der Waals surface area contributed by atoms with Gasteiger partial charge in [-0.15, -0.1) is 6.58 Å². The summed E-state index contributed by atoms with van der Waals surface area (Å²) < 4.78 is 21.1. The Hall–Kier alpha value is -4.96. The van der Waals surface area contributed by atoms with E-state index >= 15 is 0 Å². The number of hydrogen-bond donors (Lipinski definition) is 2. The van der Waals surface area contributed by atoms with E-state index in [0.29, 0.717) is 49.7 Å². The average Bonchev–Trinajstić information content (AvgIpc) is 3.83. The number of oxime groups is 1. The van der Waals surface area contributed by atoms with Gasteiger partial charge in [0, 0.05) is 44.6 Å². The van der Waals surface area contributed by atoms with E-state index in [-0.39, 0.29) is 49.4 Å². The van der Waals surface area contributed by atoms with Crippen molar-refractivity contribution >= 4 is 22.4 Å². The number of fused-ring (bicyclic) bond motifs is 3. The number of aliphatic hydroxyl groups excluding tert-OH is 2. The number of rotatable bonds is 20. The number of unbranched alkanes of at least 4 members (excludes halogenated alkanes) is 2. The van der Waals surface area contributed by atoms with Crippen LogP contribution in [0.4, 0.5) is 0 Å². The number of carbonyl (C=O) groups is 1. The van der Waals surface area contributed by atoms with Crippen molar-refractivity contribution in [3.05, 3.63) is 126 Å². The fourth-order valence-corrected chi connectivity index (χ4v) is 10.9. The molecule has 1 heterocycles. The van der Waals surface area contributed by atoms with Gasteiger partial charge in [-0.05, 0) is 102 Å². The van der Waals surface area contributed by atoms with Gasteiger partial charge in [-0.3, -0.25) is 4.79 Å². The van der Waals surface area contributed by atoms with Gasteiger partial charge < -0.3 is 34.2 Å². The number of likely N-dealkylation sites (N-methyl/N-ethyl adjacent to an activating group) is 1. The normalized spacial score (nSPS) is 24.8. The van der Waals surface area contributed by atoms with Crippen LogP contribution in [0.5, 0.6) is 17.2 Å². The summed E-state index contributed by atoms with van der Waals surface area (Å²) in [7, 11) is 1.91. The molecule has 3 aliphatic carbocycles. The average molecular weight is 841 g/mol. The first-order chi connectivity index (χ1) is 30.4. The van der Waals surface area contributed by atoms with Crippen molar-refractivity contribution < 1.29 is 34.1 Å². The summed E-state index contributed by atoms with van der Waals surface area (Å²) >= 11 is 0. The molecule has 0 saturated heterocycles. The number of amides is 1. The molecule has 328 valence electrons. The molecule has 4 aromatic rings. The lowest BCUT2D eigenvalue weighted by atomic mass is 9.55. The lowest BCUT2D eigenvalue weighted by Gasteiger charge is -2.59. The van der Waals surface area contributed by atoms with E-state index in [9.17, 15) is 15.0 Å². The molecule has 0 bridgehead atoms. The Balaban J connectivity index is 1.26. The first-order valence-electron chi connectivity index (χ1n) is 23.1. The molecule has 9 nitrogen and oxygen atoms in total. The highest BCUT2D eigenvalue weighted by molar-refractivity contribution is 6.03. The van der Waals surface area contributed by atoms with Crippen molar-refractivity contribution in [1.29, 1.82) is 0 Å². The van der Waals surface area contributed by atoms with Crippen LogP contribution in [-0.4, -0.2) is 65.4 Å². The molecule has 8 rings (SSSR count). The lowest BCUT2D eigenvalue weighted by molar-refractivity contribution is -0.255. The third-order valence-corrected chi connectivity index (χ3v) is 14.0. The Bertz CT molecular complexity index is 2200. The summed E-state index contributed by atoms with van der Waals surface area (Å²) in [6.45, 7) is 4.86. The van der Waals surface area contributed by atoms with Gasteiger partial charge in [0.2, 0.25) is 11.7 Å². The van der Waals surface area contributed by atoms with Gasteiger partial charge in [0.25, 0.3) is 0 Å². The van der Waals surface area contributed by atoms with Crippen LogP contribution in [0.3, 0.4) is 0 Å². The molecule has 2 fully saturated rings. The number of hydrogen-bond acceptors (Lipinski definition) is 8. The van der Waals surface area contributed by atoms with Gasteiger partial charge in [0.15, 0.2) is 0 Å². The molecule has 1 aliphatic heterocycles. The van der Waals surface area contributed by atoms with Gasteiger partial charge >= 0.3 is 0 Å². The predicted octanol–water partition coefficient (Wildman–Crippen LogP) is 10.9. The molecule has 6 atom stereocenters. The van der Waals surface area contributed by atoms with Crippen LogP contribution in [-0.2, 0) is 21.0 Å². The third kappa shape index (κ3) is 9.51. The number of benzene rings is 4. The first-order valence-corrected chi connectivity index (χ1v) is 23.1. The van der Waals surface area contributed by atoms with Crippen LogP contribution in [0, 0.1) is 23.7 Å². The summed E-state index contributed by atoms with van der Waals surface area (Å²) in [5.41, 5.74) is 3.86. The predicted molar refractivity (Wildman–Crippen MR) is 244 cm³/mol. The Kier molecular flexibility index (Phi) is 14.4. The van der Waals surface area contributed by atoms with Crippen molar-refractivity contribution in [3.8, 4) is 17.2 Å². The number of ether oxygens (including phenoxy) is 3. The summed E-state index contributed by atoms with van der Waals surface area (Å²) in [5.74, 6) is 1.28. The zero-order valence-corrected chi connectivity index (χ0v) is 36.3. The molecule has 4 aromatic carbocycles. The summed E-state index contributed by atoms with van der Waals surface area (Å²) in [6, 6.07) is 30.0. The summed E-state index contributed by atoms with van der Waals surface area (Å²) in [6.07, 6.45) is 15.6. The van der Waals surface area contributed by atoms with Gasteiger partial charge in [0.1, 0.15) is 29.9 Å². The minimum absolute atomic E-state index is 0.0720. The molecule has 0 spiro atoms. The maximum atomic E-state index is 14.5. The van der Waals surface area contributed by atoms with E-state index in [1.807, 2.05) is 72.6 Å². The maximum absolute atomic E-state index is 14.5. The summed E-state index contributed by atoms with van der Waals surface area (Å²) in [5, 5.41) is 27.2. The van der Waals surface area contributed by atoms with Crippen LogP contribution >= 0.6 is 0 Å². The molecule has 6 unspecified atom stereocenters. The standard InChI is InChI=1S/C53H64N2O7/c1-3-31-59-53-49(55(2)50(58)28-23-37-15-7-8-16-37)35-47(54-60-36-38-17-5-4-6-18-38)45-33-41(21-11-13-29-56)44(22-12-14-30-57)51(52(45)53)46-34-43(26-27-48(46)62-53)61-42-25-24-39-19-9-10-20-40(39)32-42/h3-6,9-10,17-20,24-27,32-34,37,41,44,49,51-52,56-57H,1,7-8,11-16,21-23,28-31,35-36H2,2H3. The largest absolute Gasteiger partial charge is 0.459 e. The van der Waals surface area contributed by atoms with Gasteiger partial charge in [0.05, 0.1) is 18.2 Å². The van der Waals surface area contributed by atoms with Crippen molar-refractivity contribution in [2.24, 2.45) is 28.8 Å². The van der Waals surface area contributed by atoms with E-state index in [4.69, 9.17) is 24.2 Å². The molecule has 9 heteroatoms. The van der Waals surface area contributed by atoms with E-state index in [1.165, 1.54) is 25.7 Å². The fourth-order valence-electron chi connectivity index (χ4n) is 10.9. The molecule has 2 N–H and O–H groups in total. The van der Waals surface area contributed by atoms with Crippen LogP contribution in [0.25, 0.3) is 10.8 Å². The van der Waals surface area contributed by atoms with Gasteiger partial charge in [-0.2, -0.15) is 0 Å². The molecule has 0 radical (unpaired) electrons. The molecular formula is C53H64N2O7. The maximum Gasteiger partial charge on any atom is 0.239 e. The Morgan fingerprint density at radius 3 is 2.39 bits per heavy atom. The highest BCUT2D eigenvalue weighted by atomic mass is 16.7. The van der Waals surface area contributed by atoms with Gasteiger partial charge in [-0.1, -0.05) is 116 Å². The zero-order chi connectivity index (χ0) is 42.9. The number of nitrogens with zero attached hydrogens (tertiary/aromatic N) is 2. The van der Waals surface area contributed by atoms with Crippen molar-refractivity contribution in [2.75, 3.05) is 26.9 Å². The van der Waals surface area contributed by atoms with Crippen LogP contribution in [0.1, 0.15) is 101 Å². The smallest absolute Gasteiger partial charge is 0.239 e. The monoisotopic (exact) mass is 840 g/mol. The minimum Gasteiger partial charge on any atom is -0.459 e. The molecule has 4 aliphatic rings. The number of allylic oxidation sites excluding steroid dienone is 1. The quantitative estimate of drug-likeness (QED) is 0.0518. The lowest BCUT2D eigenvalue weighted by Crippen LogP contribution is -2.69. The second-order valence-electron chi connectivity index (χ2n) is 17.8. The van der Waals surface area contributed by atoms with Gasteiger partial charge in [-0.25, -0.2) is 0 Å². The number of aliphatic hydroxyl groups is 2. The van der Waals surface area contributed by atoms with Crippen LogP contribution in [0.2, 0.25) is 0 Å². The van der Waals surface area contributed by atoms with E-state index in [2.05, 4.69) is 43.0 Å². The van der Waals surface area contributed by atoms with Crippen molar-refractivity contribution in [2.45, 2.75) is 108 Å². The summed E-state index contributed by atoms with van der Waals surface area (Å²) in [4.78, 5) is 22.6. The topological polar surface area (TPSA) is 110 Å². The minimum atomic E-state index is -1.28. The fraction of sp³-hybridized carbons (Fsp3) is 0.472. The van der Waals surface area contributed by atoms with E-state index in [0.717, 1.165) is 71.0 Å². The second-order valence-corrected chi connectivity index (χ2v) is 17.8. The van der Waals surface area contributed by atoms with Crippen LogP contribution in [0.15, 0.2) is 120 Å². The van der Waals surface area contributed by atoms with Crippen molar-refractivity contribution in [1.82, 2.24) is 4.90 Å². The molecular weight excluding hydrogens is 777 g/mol. The molecule has 2 saturated carbocycles. The molecule has 1 amide bonds. The highest BCUT2D eigenvalue weighted by Gasteiger charge is 2.65. The highest BCUT2D eigenvalue weighted by Crippen LogP contribution is 2.62. The second kappa shape index (κ2) is 20.5. The third-order valence-electron chi connectivity index (χ3n) is 14.0. The molecule has 62 heavy (non-hydrogen) atoms. The number of carbonyl (C=O) groups excluding carboxylic acids is 1. The zero-order valence-electron chi connectivity index (χ0n) is 36.3.